The molecule has 0 bridgehead atoms. The molecule has 0 saturated carbocycles. The maximum absolute atomic E-state index is 11.2. The predicted octanol–water partition coefficient (Wildman–Crippen LogP) is 5.24. The first kappa shape index (κ1) is 15.4. The maximum Gasteiger partial charge on any atom is 0.336 e. The van der Waals surface area contributed by atoms with Gasteiger partial charge in [0, 0.05) is 4.47 Å². The van der Waals surface area contributed by atoms with Gasteiger partial charge in [-0.3, -0.25) is 0 Å². The van der Waals surface area contributed by atoms with Gasteiger partial charge in [-0.1, -0.05) is 51.3 Å². The quantitative estimate of drug-likeness (QED) is 0.795. The highest BCUT2D eigenvalue weighted by Gasteiger charge is 2.15. The van der Waals surface area contributed by atoms with E-state index in [1.807, 2.05) is 24.3 Å². The predicted molar refractivity (Wildman–Crippen MR) is 85.0 cm³/mol. The highest BCUT2D eigenvalue weighted by molar-refractivity contribution is 9.10. The number of aryl methyl sites for hydroxylation is 1. The lowest BCUT2D eigenvalue weighted by molar-refractivity contribution is 0.0695. The molecule has 0 radical (unpaired) electrons. The van der Waals surface area contributed by atoms with E-state index in [1.54, 1.807) is 0 Å². The highest BCUT2D eigenvalue weighted by Crippen LogP contribution is 2.30. The number of rotatable bonds is 4. The van der Waals surface area contributed by atoms with E-state index in [4.69, 9.17) is 23.2 Å². The van der Waals surface area contributed by atoms with Gasteiger partial charge in [0.2, 0.25) is 0 Å². The van der Waals surface area contributed by atoms with E-state index >= 15 is 0 Å². The molecule has 0 amide bonds. The van der Waals surface area contributed by atoms with Crippen molar-refractivity contribution in [2.45, 2.75) is 12.8 Å². The smallest absolute Gasteiger partial charge is 0.336 e. The lowest BCUT2D eigenvalue weighted by Crippen LogP contribution is -2.05. The maximum atomic E-state index is 11.2. The van der Waals surface area contributed by atoms with Crippen LogP contribution in [0.2, 0.25) is 10.0 Å². The minimum atomic E-state index is -0.991. The Morgan fingerprint density at radius 2 is 1.70 bits per heavy atom. The first-order valence-corrected chi connectivity index (χ1v) is 7.48. The second-order valence-corrected chi connectivity index (χ2v) is 6.02. The number of carboxylic acids is 1. The lowest BCUT2D eigenvalue weighted by Gasteiger charge is -2.10. The molecule has 2 aromatic rings. The fourth-order valence-corrected chi connectivity index (χ4v) is 2.66. The van der Waals surface area contributed by atoms with E-state index in [9.17, 15) is 9.90 Å². The Kier molecular flexibility index (Phi) is 5.08. The Bertz CT molecular complexity index is 639. The van der Waals surface area contributed by atoms with Crippen molar-refractivity contribution in [2.24, 2.45) is 0 Å². The third-order valence-corrected chi connectivity index (χ3v) is 4.38. The molecule has 20 heavy (non-hydrogen) atoms. The zero-order valence-electron chi connectivity index (χ0n) is 10.4. The molecule has 0 aromatic heterocycles. The van der Waals surface area contributed by atoms with Crippen molar-refractivity contribution in [1.82, 2.24) is 0 Å². The molecule has 0 aliphatic rings. The molecule has 0 heterocycles. The van der Waals surface area contributed by atoms with Crippen molar-refractivity contribution < 1.29 is 9.90 Å². The monoisotopic (exact) mass is 372 g/mol. The van der Waals surface area contributed by atoms with Gasteiger partial charge in [0.05, 0.1) is 15.6 Å². The molecule has 0 unspecified atom stereocenters. The molecular weight excluding hydrogens is 363 g/mol. The Labute approximate surface area is 135 Å². The van der Waals surface area contributed by atoms with Gasteiger partial charge in [-0.25, -0.2) is 4.79 Å². The summed E-state index contributed by atoms with van der Waals surface area (Å²) in [6.45, 7) is 0. The number of carboxylic acid groups (broad SMARTS) is 1. The van der Waals surface area contributed by atoms with E-state index in [1.165, 1.54) is 12.1 Å². The van der Waals surface area contributed by atoms with Crippen LogP contribution in [0.5, 0.6) is 0 Å². The largest absolute Gasteiger partial charge is 0.478 e. The summed E-state index contributed by atoms with van der Waals surface area (Å²) in [5.74, 6) is -0.991. The van der Waals surface area contributed by atoms with Gasteiger partial charge < -0.3 is 5.11 Å². The molecule has 0 aliphatic heterocycles. The topological polar surface area (TPSA) is 37.3 Å². The number of carbonyl (C=O) groups is 1. The van der Waals surface area contributed by atoms with Gasteiger partial charge in [0.1, 0.15) is 0 Å². The van der Waals surface area contributed by atoms with Crippen LogP contribution < -0.4 is 0 Å². The van der Waals surface area contributed by atoms with Crippen LogP contribution >= 0.6 is 39.1 Å². The van der Waals surface area contributed by atoms with Gasteiger partial charge in [-0.05, 0) is 48.2 Å². The average Bonchev–Trinajstić information content (AvgIpc) is 2.42. The molecule has 0 fully saturated rings. The summed E-state index contributed by atoms with van der Waals surface area (Å²) in [6.07, 6.45) is 1.23. The first-order chi connectivity index (χ1) is 9.49. The van der Waals surface area contributed by atoms with E-state index in [2.05, 4.69) is 15.9 Å². The molecule has 2 nitrogen and oxygen atoms in total. The molecule has 0 atom stereocenters. The van der Waals surface area contributed by atoms with Gasteiger partial charge >= 0.3 is 5.97 Å². The van der Waals surface area contributed by atoms with Crippen LogP contribution in [0, 0.1) is 0 Å². The molecule has 0 spiro atoms. The fraction of sp³-hybridized carbons (Fsp3) is 0.133. The minimum absolute atomic E-state index is 0.205. The number of hydrogen-bond donors (Lipinski definition) is 1. The molecule has 1 N–H and O–H groups in total. The summed E-state index contributed by atoms with van der Waals surface area (Å²) in [6, 6.07) is 10.9. The summed E-state index contributed by atoms with van der Waals surface area (Å²) in [4.78, 5) is 11.2. The zero-order chi connectivity index (χ0) is 14.7. The Hall–Kier alpha value is -1.03. The summed E-state index contributed by atoms with van der Waals surface area (Å²) in [5.41, 5.74) is 1.90. The van der Waals surface area contributed by atoms with Gasteiger partial charge in [0.15, 0.2) is 0 Å². The van der Waals surface area contributed by atoms with Crippen LogP contribution in [-0.4, -0.2) is 11.1 Å². The SMILES string of the molecule is O=C(O)c1ccc(Cl)c(Cl)c1CCc1ccc(Br)cc1. The normalized spacial score (nSPS) is 10.6. The van der Waals surface area contributed by atoms with Gasteiger partial charge in [0.25, 0.3) is 0 Å². The molecule has 2 aromatic carbocycles. The molecule has 2 rings (SSSR count). The van der Waals surface area contributed by atoms with Gasteiger partial charge in [-0.15, -0.1) is 0 Å². The Balaban J connectivity index is 2.26. The van der Waals surface area contributed by atoms with Crippen LogP contribution in [0.1, 0.15) is 21.5 Å². The average molecular weight is 374 g/mol. The second-order valence-electron chi connectivity index (χ2n) is 4.32. The molecule has 0 aliphatic carbocycles. The van der Waals surface area contributed by atoms with Crippen LogP contribution in [-0.2, 0) is 12.8 Å². The van der Waals surface area contributed by atoms with Gasteiger partial charge in [-0.2, -0.15) is 0 Å². The van der Waals surface area contributed by atoms with Crippen LogP contribution in [0.3, 0.4) is 0 Å². The minimum Gasteiger partial charge on any atom is -0.478 e. The van der Waals surface area contributed by atoms with E-state index in [0.717, 1.165) is 10.0 Å². The van der Waals surface area contributed by atoms with E-state index in [0.29, 0.717) is 28.5 Å². The molecular formula is C15H11BrCl2O2. The Morgan fingerprint density at radius 3 is 2.30 bits per heavy atom. The van der Waals surface area contributed by atoms with E-state index < -0.39 is 5.97 Å². The summed E-state index contributed by atoms with van der Waals surface area (Å²) < 4.78 is 1.01. The van der Waals surface area contributed by atoms with Crippen molar-refractivity contribution in [3.8, 4) is 0 Å². The van der Waals surface area contributed by atoms with Crippen molar-refractivity contribution in [3.63, 3.8) is 0 Å². The molecule has 0 saturated heterocycles. The summed E-state index contributed by atoms with van der Waals surface area (Å²) in [5, 5.41) is 9.91. The number of hydrogen-bond acceptors (Lipinski definition) is 1. The Morgan fingerprint density at radius 1 is 1.05 bits per heavy atom. The number of benzene rings is 2. The third kappa shape index (κ3) is 3.54. The van der Waals surface area contributed by atoms with E-state index in [-0.39, 0.29) is 5.56 Å². The fourth-order valence-electron chi connectivity index (χ4n) is 1.96. The lowest BCUT2D eigenvalue weighted by atomic mass is 9.99. The van der Waals surface area contributed by atoms with Crippen LogP contribution in [0.4, 0.5) is 0 Å². The third-order valence-electron chi connectivity index (χ3n) is 3.00. The van der Waals surface area contributed by atoms with Crippen molar-refractivity contribution in [2.75, 3.05) is 0 Å². The summed E-state index contributed by atoms with van der Waals surface area (Å²) >= 11 is 15.5. The first-order valence-electron chi connectivity index (χ1n) is 5.93. The molecule has 104 valence electrons. The molecule has 5 heteroatoms. The highest BCUT2D eigenvalue weighted by atomic mass is 79.9. The van der Waals surface area contributed by atoms with Crippen LogP contribution in [0.25, 0.3) is 0 Å². The van der Waals surface area contributed by atoms with Crippen molar-refractivity contribution >= 4 is 45.1 Å². The van der Waals surface area contributed by atoms with Crippen molar-refractivity contribution in [1.29, 1.82) is 0 Å². The van der Waals surface area contributed by atoms with Crippen LogP contribution in [0.15, 0.2) is 40.9 Å². The zero-order valence-corrected chi connectivity index (χ0v) is 13.5. The summed E-state index contributed by atoms with van der Waals surface area (Å²) in [7, 11) is 0. The number of halogens is 3. The number of aromatic carboxylic acids is 1. The second kappa shape index (κ2) is 6.61. The van der Waals surface area contributed by atoms with Crippen molar-refractivity contribution in [3.05, 3.63) is 67.6 Å². The standard InChI is InChI=1S/C15H11BrCl2O2/c16-10-4-1-9(2-5-10)3-6-11-12(15(19)20)7-8-13(17)14(11)18/h1-2,4-5,7-8H,3,6H2,(H,19,20).